The number of sulfone groups is 1. The third kappa shape index (κ3) is 3.82. The number of rotatable bonds is 6. The number of hydrogen-bond donors (Lipinski definition) is 2. The van der Waals surface area contributed by atoms with E-state index in [4.69, 9.17) is 5.73 Å². The van der Waals surface area contributed by atoms with E-state index in [1.165, 1.54) is 6.26 Å². The van der Waals surface area contributed by atoms with E-state index in [2.05, 4.69) is 15.3 Å². The zero-order valence-corrected chi connectivity index (χ0v) is 13.6. The quantitative estimate of drug-likeness (QED) is 0.827. The highest BCUT2D eigenvalue weighted by Crippen LogP contribution is 2.21. The van der Waals surface area contributed by atoms with Crippen molar-refractivity contribution in [2.24, 2.45) is 0 Å². The van der Waals surface area contributed by atoms with Gasteiger partial charge in [0.05, 0.1) is 4.75 Å². The van der Waals surface area contributed by atoms with E-state index in [0.717, 1.165) is 18.4 Å². The van der Waals surface area contributed by atoms with Gasteiger partial charge in [0.2, 0.25) is 0 Å². The number of nitrogens with two attached hydrogens (primary N) is 1. The summed E-state index contributed by atoms with van der Waals surface area (Å²) in [6.07, 6.45) is 2.91. The van der Waals surface area contributed by atoms with Gasteiger partial charge in [-0.05, 0) is 27.2 Å². The second-order valence-electron chi connectivity index (χ2n) is 5.63. The molecule has 20 heavy (non-hydrogen) atoms. The molecule has 1 heterocycles. The van der Waals surface area contributed by atoms with E-state index in [1.54, 1.807) is 13.8 Å². The van der Waals surface area contributed by atoms with Crippen LogP contribution in [-0.2, 0) is 16.3 Å². The van der Waals surface area contributed by atoms with Crippen LogP contribution >= 0.6 is 0 Å². The number of hydrogen-bond acceptors (Lipinski definition) is 6. The van der Waals surface area contributed by atoms with Crippen molar-refractivity contribution < 1.29 is 8.42 Å². The van der Waals surface area contributed by atoms with Crippen LogP contribution in [0.3, 0.4) is 0 Å². The standard InChI is InChI=1S/C13H24N4O2S/c1-6-7-10-16-11(14)9(2)12(17-10)15-8-13(3,4)20(5,18)19/h6-8H2,1-5H3,(H3,14,15,16,17). The maximum absolute atomic E-state index is 11.7. The maximum Gasteiger partial charge on any atom is 0.154 e. The summed E-state index contributed by atoms with van der Waals surface area (Å²) in [7, 11) is -3.15. The molecule has 0 aliphatic heterocycles. The molecule has 0 fully saturated rings. The van der Waals surface area contributed by atoms with Gasteiger partial charge >= 0.3 is 0 Å². The molecule has 3 N–H and O–H groups in total. The Morgan fingerprint density at radius 2 is 1.90 bits per heavy atom. The first-order valence-corrected chi connectivity index (χ1v) is 8.54. The van der Waals surface area contributed by atoms with Crippen LogP contribution in [0.25, 0.3) is 0 Å². The Morgan fingerprint density at radius 3 is 2.40 bits per heavy atom. The summed E-state index contributed by atoms with van der Waals surface area (Å²) in [6, 6.07) is 0. The molecule has 0 saturated heterocycles. The van der Waals surface area contributed by atoms with Gasteiger partial charge in [-0.25, -0.2) is 18.4 Å². The molecule has 7 heteroatoms. The molecule has 0 aromatic carbocycles. The zero-order chi connectivity index (χ0) is 15.6. The summed E-state index contributed by atoms with van der Waals surface area (Å²) >= 11 is 0. The highest BCUT2D eigenvalue weighted by atomic mass is 32.2. The van der Waals surface area contributed by atoms with Gasteiger partial charge in [0.1, 0.15) is 17.5 Å². The highest BCUT2D eigenvalue weighted by Gasteiger charge is 2.30. The fourth-order valence-electron chi connectivity index (χ4n) is 1.52. The molecule has 0 aliphatic rings. The van der Waals surface area contributed by atoms with Crippen molar-refractivity contribution in [1.29, 1.82) is 0 Å². The van der Waals surface area contributed by atoms with Crippen molar-refractivity contribution in [3.05, 3.63) is 11.4 Å². The minimum Gasteiger partial charge on any atom is -0.383 e. The average molecular weight is 300 g/mol. The van der Waals surface area contributed by atoms with Crippen molar-refractivity contribution in [2.45, 2.75) is 45.3 Å². The van der Waals surface area contributed by atoms with Gasteiger partial charge in [-0.3, -0.25) is 0 Å². The van der Waals surface area contributed by atoms with Gasteiger partial charge in [-0.15, -0.1) is 0 Å². The monoisotopic (exact) mass is 300 g/mol. The SMILES string of the molecule is CCCc1nc(N)c(C)c(NCC(C)(C)S(C)(=O)=O)n1. The average Bonchev–Trinajstić information content (AvgIpc) is 2.30. The highest BCUT2D eigenvalue weighted by molar-refractivity contribution is 7.92. The molecular weight excluding hydrogens is 276 g/mol. The molecule has 1 aromatic rings. The smallest absolute Gasteiger partial charge is 0.154 e. The molecule has 114 valence electrons. The maximum atomic E-state index is 11.7. The van der Waals surface area contributed by atoms with Crippen LogP contribution in [0, 0.1) is 6.92 Å². The number of aryl methyl sites for hydroxylation is 1. The van der Waals surface area contributed by atoms with Gasteiger partial charge in [-0.1, -0.05) is 6.92 Å². The third-order valence-corrected chi connectivity index (χ3v) is 5.54. The lowest BCUT2D eigenvalue weighted by Gasteiger charge is -2.23. The van der Waals surface area contributed by atoms with Gasteiger partial charge in [0, 0.05) is 24.8 Å². The lowest BCUT2D eigenvalue weighted by molar-refractivity contribution is 0.559. The van der Waals surface area contributed by atoms with E-state index in [-0.39, 0.29) is 6.54 Å². The first kappa shape index (κ1) is 16.7. The second kappa shape index (κ2) is 5.95. The molecule has 0 bridgehead atoms. The van der Waals surface area contributed by atoms with Gasteiger partial charge in [0.15, 0.2) is 9.84 Å². The van der Waals surface area contributed by atoms with Gasteiger partial charge in [-0.2, -0.15) is 0 Å². The fraction of sp³-hybridized carbons (Fsp3) is 0.692. The second-order valence-corrected chi connectivity index (χ2v) is 8.28. The Labute approximate surface area is 121 Å². The molecule has 0 radical (unpaired) electrons. The van der Waals surface area contributed by atoms with Crippen molar-refractivity contribution in [2.75, 3.05) is 23.9 Å². The van der Waals surface area contributed by atoms with Crippen LogP contribution in [0.5, 0.6) is 0 Å². The number of nitrogens with zero attached hydrogens (tertiary/aromatic N) is 2. The molecular formula is C13H24N4O2S. The zero-order valence-electron chi connectivity index (χ0n) is 12.8. The van der Waals surface area contributed by atoms with Gasteiger partial charge in [0.25, 0.3) is 0 Å². The Hall–Kier alpha value is -1.37. The first-order chi connectivity index (χ1) is 9.08. The van der Waals surface area contributed by atoms with Crippen molar-refractivity contribution in [1.82, 2.24) is 9.97 Å². The van der Waals surface area contributed by atoms with Gasteiger partial charge < -0.3 is 11.1 Å². The molecule has 1 rings (SSSR count). The number of nitrogen functional groups attached to an aromatic ring is 1. The summed E-state index contributed by atoms with van der Waals surface area (Å²) < 4.78 is 22.5. The Morgan fingerprint density at radius 1 is 1.30 bits per heavy atom. The van der Waals surface area contributed by atoms with Crippen molar-refractivity contribution in [3.63, 3.8) is 0 Å². The van der Waals surface area contributed by atoms with Crippen LogP contribution in [0.15, 0.2) is 0 Å². The van der Waals surface area contributed by atoms with Crippen LogP contribution in [0.4, 0.5) is 11.6 Å². The predicted octanol–water partition coefficient (Wildman–Crippen LogP) is 1.55. The molecule has 0 atom stereocenters. The van der Waals surface area contributed by atoms with Crippen molar-refractivity contribution >= 4 is 21.5 Å². The Kier molecular flexibility index (Phi) is 4.96. The molecule has 0 amide bonds. The summed E-state index contributed by atoms with van der Waals surface area (Å²) in [4.78, 5) is 8.64. The van der Waals surface area contributed by atoms with Crippen molar-refractivity contribution in [3.8, 4) is 0 Å². The predicted molar refractivity (Wildman–Crippen MR) is 82.6 cm³/mol. The largest absolute Gasteiger partial charge is 0.383 e. The van der Waals surface area contributed by atoms with Crippen LogP contribution in [0.2, 0.25) is 0 Å². The number of aromatic nitrogens is 2. The first-order valence-electron chi connectivity index (χ1n) is 6.65. The van der Waals surface area contributed by atoms with Crippen LogP contribution in [-0.4, -0.2) is 35.9 Å². The van der Waals surface area contributed by atoms with E-state index in [1.807, 2.05) is 13.8 Å². The van der Waals surface area contributed by atoms with Crippen LogP contribution in [0.1, 0.15) is 38.6 Å². The summed E-state index contributed by atoms with van der Waals surface area (Å²) in [5, 5.41) is 3.09. The number of nitrogens with one attached hydrogen (secondary N) is 1. The summed E-state index contributed by atoms with van der Waals surface area (Å²) in [5.41, 5.74) is 6.61. The van der Waals surface area contributed by atoms with E-state index >= 15 is 0 Å². The van der Waals surface area contributed by atoms with E-state index < -0.39 is 14.6 Å². The molecule has 0 saturated carbocycles. The Balaban J connectivity index is 2.98. The lowest BCUT2D eigenvalue weighted by atomic mass is 10.2. The molecule has 1 aromatic heterocycles. The third-order valence-electron chi connectivity index (χ3n) is 3.39. The summed E-state index contributed by atoms with van der Waals surface area (Å²) in [5.74, 6) is 1.72. The molecule has 0 unspecified atom stereocenters. The summed E-state index contributed by atoms with van der Waals surface area (Å²) in [6.45, 7) is 7.50. The molecule has 6 nitrogen and oxygen atoms in total. The normalized spacial score (nSPS) is 12.4. The molecule has 0 aliphatic carbocycles. The minimum atomic E-state index is -3.15. The number of anilines is 2. The fourth-order valence-corrected chi connectivity index (χ4v) is 1.85. The minimum absolute atomic E-state index is 0.273. The van der Waals surface area contributed by atoms with Crippen LogP contribution < -0.4 is 11.1 Å². The van der Waals surface area contributed by atoms with E-state index in [0.29, 0.717) is 17.5 Å². The topological polar surface area (TPSA) is 98.0 Å². The van der Waals surface area contributed by atoms with E-state index in [9.17, 15) is 8.42 Å². The molecule has 0 spiro atoms. The lowest BCUT2D eigenvalue weighted by Crippen LogP contribution is -2.38. The Bertz CT molecular complexity index is 582.